The minimum absolute atomic E-state index is 0.147. The summed E-state index contributed by atoms with van der Waals surface area (Å²) in [5, 5.41) is 12.6. The van der Waals surface area contributed by atoms with Gasteiger partial charge in [0.2, 0.25) is 0 Å². The van der Waals surface area contributed by atoms with E-state index in [0.717, 1.165) is 17.9 Å². The second-order valence-electron chi connectivity index (χ2n) is 4.72. The van der Waals surface area contributed by atoms with Crippen LogP contribution in [0.2, 0.25) is 0 Å². The van der Waals surface area contributed by atoms with E-state index in [1.54, 1.807) is 0 Å². The molecule has 1 aromatic rings. The molecular weight excluding hydrogens is 240 g/mol. The molecule has 1 aliphatic carbocycles. The maximum absolute atomic E-state index is 11.3. The minimum atomic E-state index is -1.16. The molecule has 0 aromatic carbocycles. The van der Waals surface area contributed by atoms with E-state index in [9.17, 15) is 9.59 Å². The molecule has 17 heavy (non-hydrogen) atoms. The van der Waals surface area contributed by atoms with Gasteiger partial charge in [-0.2, -0.15) is 0 Å². The first-order chi connectivity index (χ1) is 7.91. The third-order valence-corrected chi connectivity index (χ3v) is 4.03. The Kier molecular flexibility index (Phi) is 2.91. The third kappa shape index (κ3) is 2.63. The Balaban J connectivity index is 2.15. The van der Waals surface area contributed by atoms with Gasteiger partial charge in [0.25, 0.3) is 0 Å². The highest BCUT2D eigenvalue weighted by Gasteiger charge is 2.37. The summed E-state index contributed by atoms with van der Waals surface area (Å²) in [4.78, 5) is 26.4. The highest BCUT2D eigenvalue weighted by Crippen LogP contribution is 2.44. The Morgan fingerprint density at radius 3 is 2.59 bits per heavy atom. The lowest BCUT2D eigenvalue weighted by Crippen LogP contribution is -2.11. The summed E-state index contributed by atoms with van der Waals surface area (Å²) in [6, 6.07) is 0. The van der Waals surface area contributed by atoms with Crippen LogP contribution in [0, 0.1) is 5.41 Å². The smallest absolute Gasteiger partial charge is 0.356 e. The van der Waals surface area contributed by atoms with Crippen LogP contribution in [0.5, 0.6) is 0 Å². The molecular formula is C11H14N2O3S. The maximum atomic E-state index is 11.3. The highest BCUT2D eigenvalue weighted by atomic mass is 32.1. The van der Waals surface area contributed by atoms with Gasteiger partial charge in [-0.3, -0.25) is 4.79 Å². The van der Waals surface area contributed by atoms with Crippen LogP contribution in [-0.2, 0) is 0 Å². The van der Waals surface area contributed by atoms with Gasteiger partial charge in [-0.05, 0) is 18.3 Å². The molecule has 1 fully saturated rings. The topological polar surface area (TPSA) is 79.3 Å². The van der Waals surface area contributed by atoms with Crippen LogP contribution in [0.3, 0.4) is 0 Å². The average molecular weight is 254 g/mol. The quantitative estimate of drug-likeness (QED) is 0.788. The number of ketones is 1. The van der Waals surface area contributed by atoms with Crippen LogP contribution >= 0.6 is 11.3 Å². The first-order valence-electron chi connectivity index (χ1n) is 5.40. The number of Topliss-reactive ketones (excluding diaryl/α,β-unsaturated/α-hetero) is 1. The van der Waals surface area contributed by atoms with Gasteiger partial charge < -0.3 is 10.4 Å². The predicted molar refractivity (Wildman–Crippen MR) is 64.9 cm³/mol. The van der Waals surface area contributed by atoms with Crippen LogP contribution in [-0.4, -0.2) is 28.4 Å². The molecule has 1 saturated carbocycles. The zero-order chi connectivity index (χ0) is 12.6. The molecule has 0 spiro atoms. The number of carbonyl (C=O) groups excluding carboxylic acids is 1. The lowest BCUT2D eigenvalue weighted by molar-refractivity contribution is 0.0687. The molecule has 1 heterocycles. The summed E-state index contributed by atoms with van der Waals surface area (Å²) in [7, 11) is 0. The predicted octanol–water partition coefficient (Wildman–Crippen LogP) is 2.26. The molecule has 0 amide bonds. The number of nitrogens with zero attached hydrogens (tertiary/aromatic N) is 1. The van der Waals surface area contributed by atoms with Crippen molar-refractivity contribution in [3.8, 4) is 0 Å². The molecule has 1 aromatic heterocycles. The van der Waals surface area contributed by atoms with E-state index in [-0.39, 0.29) is 16.4 Å². The van der Waals surface area contributed by atoms with Crippen molar-refractivity contribution in [2.45, 2.75) is 26.7 Å². The van der Waals surface area contributed by atoms with E-state index in [2.05, 4.69) is 17.2 Å². The molecule has 0 saturated heterocycles. The SMILES string of the molecule is CC(=O)c1sc(NCC2(C)CC2)nc1C(=O)O. The number of hydrogen-bond acceptors (Lipinski definition) is 5. The Labute approximate surface area is 103 Å². The fourth-order valence-electron chi connectivity index (χ4n) is 1.46. The number of aromatic carboxylic acids is 1. The van der Waals surface area contributed by atoms with Gasteiger partial charge >= 0.3 is 5.97 Å². The van der Waals surface area contributed by atoms with Crippen molar-refractivity contribution in [3.63, 3.8) is 0 Å². The number of nitrogens with one attached hydrogen (secondary N) is 1. The summed E-state index contributed by atoms with van der Waals surface area (Å²) >= 11 is 1.11. The lowest BCUT2D eigenvalue weighted by atomic mass is 10.1. The van der Waals surface area contributed by atoms with Crippen LogP contribution < -0.4 is 5.32 Å². The zero-order valence-electron chi connectivity index (χ0n) is 9.74. The van der Waals surface area contributed by atoms with Crippen LogP contribution in [0.1, 0.15) is 46.8 Å². The van der Waals surface area contributed by atoms with E-state index < -0.39 is 5.97 Å². The van der Waals surface area contributed by atoms with Gasteiger partial charge in [-0.15, -0.1) is 0 Å². The maximum Gasteiger partial charge on any atom is 0.356 e. The fraction of sp³-hybridized carbons (Fsp3) is 0.545. The van der Waals surface area contributed by atoms with E-state index in [4.69, 9.17) is 5.11 Å². The monoisotopic (exact) mass is 254 g/mol. The number of carboxylic acids is 1. The van der Waals surface area contributed by atoms with Crippen molar-refractivity contribution in [2.24, 2.45) is 5.41 Å². The number of carboxylic acid groups (broad SMARTS) is 1. The van der Waals surface area contributed by atoms with Gasteiger partial charge in [-0.1, -0.05) is 18.3 Å². The normalized spacial score (nSPS) is 16.6. The van der Waals surface area contributed by atoms with Crippen molar-refractivity contribution >= 4 is 28.2 Å². The number of anilines is 1. The van der Waals surface area contributed by atoms with Crippen molar-refractivity contribution in [1.82, 2.24) is 4.98 Å². The van der Waals surface area contributed by atoms with Crippen molar-refractivity contribution in [2.75, 3.05) is 11.9 Å². The number of hydrogen-bond donors (Lipinski definition) is 2. The Hall–Kier alpha value is -1.43. The number of thiazole rings is 1. The summed E-state index contributed by atoms with van der Waals surface area (Å²) < 4.78 is 0. The van der Waals surface area contributed by atoms with E-state index in [1.165, 1.54) is 19.8 Å². The Morgan fingerprint density at radius 2 is 2.18 bits per heavy atom. The molecule has 0 radical (unpaired) electrons. The Bertz CT molecular complexity index is 446. The first-order valence-corrected chi connectivity index (χ1v) is 6.22. The van der Waals surface area contributed by atoms with Crippen molar-refractivity contribution in [1.29, 1.82) is 0 Å². The summed E-state index contributed by atoms with van der Waals surface area (Å²) in [5.74, 6) is -1.41. The number of rotatable bonds is 5. The molecule has 92 valence electrons. The third-order valence-electron chi connectivity index (χ3n) is 2.92. The summed E-state index contributed by atoms with van der Waals surface area (Å²) in [5.41, 5.74) is 0.164. The van der Waals surface area contributed by atoms with Gasteiger partial charge in [0.1, 0.15) is 4.88 Å². The molecule has 6 heteroatoms. The average Bonchev–Trinajstić information content (AvgIpc) is 2.81. The first kappa shape index (κ1) is 12.0. The zero-order valence-corrected chi connectivity index (χ0v) is 10.6. The largest absolute Gasteiger partial charge is 0.476 e. The van der Waals surface area contributed by atoms with E-state index in [0.29, 0.717) is 10.5 Å². The standard InChI is InChI=1S/C11H14N2O3S/c1-6(14)8-7(9(15)16)13-10(17-8)12-5-11(2)3-4-11/h3-5H2,1-2H3,(H,12,13)(H,15,16). The molecule has 1 aliphatic rings. The Morgan fingerprint density at radius 1 is 1.53 bits per heavy atom. The van der Waals surface area contributed by atoms with Crippen molar-refractivity contribution < 1.29 is 14.7 Å². The van der Waals surface area contributed by atoms with Crippen LogP contribution in [0.25, 0.3) is 0 Å². The molecule has 2 N–H and O–H groups in total. The lowest BCUT2D eigenvalue weighted by Gasteiger charge is -2.07. The van der Waals surface area contributed by atoms with Gasteiger partial charge in [0.05, 0.1) is 0 Å². The number of carbonyl (C=O) groups is 2. The molecule has 2 rings (SSSR count). The summed E-state index contributed by atoms with van der Waals surface area (Å²) in [6.07, 6.45) is 2.35. The van der Waals surface area contributed by atoms with E-state index in [1.807, 2.05) is 0 Å². The second-order valence-corrected chi connectivity index (χ2v) is 5.72. The van der Waals surface area contributed by atoms with Gasteiger partial charge in [-0.25, -0.2) is 9.78 Å². The van der Waals surface area contributed by atoms with Crippen molar-refractivity contribution in [3.05, 3.63) is 10.6 Å². The molecule has 0 bridgehead atoms. The van der Waals surface area contributed by atoms with E-state index >= 15 is 0 Å². The fourth-order valence-corrected chi connectivity index (χ4v) is 2.31. The molecule has 0 atom stereocenters. The van der Waals surface area contributed by atoms with Gasteiger partial charge in [0, 0.05) is 13.5 Å². The summed E-state index contributed by atoms with van der Waals surface area (Å²) in [6.45, 7) is 4.29. The van der Waals surface area contributed by atoms with Gasteiger partial charge in [0.15, 0.2) is 16.6 Å². The minimum Gasteiger partial charge on any atom is -0.476 e. The molecule has 0 aliphatic heterocycles. The van der Waals surface area contributed by atoms with Crippen LogP contribution in [0.4, 0.5) is 5.13 Å². The highest BCUT2D eigenvalue weighted by molar-refractivity contribution is 7.17. The molecule has 0 unspecified atom stereocenters. The second kappa shape index (κ2) is 4.10. The number of aromatic nitrogens is 1. The molecule has 5 nitrogen and oxygen atoms in total. The van der Waals surface area contributed by atoms with Crippen LogP contribution in [0.15, 0.2) is 0 Å².